The van der Waals surface area contributed by atoms with Gasteiger partial charge >= 0.3 is 6.03 Å². The molecule has 1 aromatic heterocycles. The Labute approximate surface area is 167 Å². The van der Waals surface area contributed by atoms with Gasteiger partial charge in [-0.1, -0.05) is 6.92 Å². The number of carbonyl (C=O) groups is 1. The number of likely N-dealkylation sites (tertiary alicyclic amines) is 1. The first-order valence-electron chi connectivity index (χ1n) is 9.41. The summed E-state index contributed by atoms with van der Waals surface area (Å²) in [5.41, 5.74) is 0.641. The van der Waals surface area contributed by atoms with Gasteiger partial charge in [0.05, 0.1) is 0 Å². The Morgan fingerprint density at radius 3 is 2.46 bits per heavy atom. The molecule has 0 aliphatic carbocycles. The highest BCUT2D eigenvalue weighted by atomic mass is 32.1. The average molecular weight is 410 g/mol. The summed E-state index contributed by atoms with van der Waals surface area (Å²) in [5, 5.41) is 3.27. The fourth-order valence-corrected chi connectivity index (χ4v) is 3.93. The molecule has 0 radical (unpaired) electrons. The number of rotatable bonds is 5. The van der Waals surface area contributed by atoms with Gasteiger partial charge in [-0.25, -0.2) is 18.6 Å². The van der Waals surface area contributed by atoms with Crippen molar-refractivity contribution in [2.45, 2.75) is 32.6 Å². The van der Waals surface area contributed by atoms with Crippen molar-refractivity contribution in [1.29, 1.82) is 0 Å². The number of piperidine rings is 1. The molecule has 0 atom stereocenters. The summed E-state index contributed by atoms with van der Waals surface area (Å²) in [4.78, 5) is 20.0. The Hall–Kier alpha value is -2.29. The quantitative estimate of drug-likeness (QED) is 0.813. The third-order valence-electron chi connectivity index (χ3n) is 5.03. The Balaban J connectivity index is 1.55. The van der Waals surface area contributed by atoms with E-state index in [1.807, 2.05) is 6.92 Å². The molecule has 2 aromatic rings. The summed E-state index contributed by atoms with van der Waals surface area (Å²) in [6.07, 6.45) is 2.48. The van der Waals surface area contributed by atoms with Crippen molar-refractivity contribution in [2.75, 3.05) is 37.4 Å². The average Bonchev–Trinajstić information content (AvgIpc) is 3.12. The van der Waals surface area contributed by atoms with E-state index < -0.39 is 11.6 Å². The Kier molecular flexibility index (Phi) is 6.43. The van der Waals surface area contributed by atoms with E-state index in [4.69, 9.17) is 0 Å². The van der Waals surface area contributed by atoms with Gasteiger partial charge in [-0.05, 0) is 37.3 Å². The SMILES string of the molecule is CCc1nsc(NC(=O)N2CCC(Cc3c(F)cc(N(C)C)cc3F)CC2)n1. The molecule has 9 heteroatoms. The first-order chi connectivity index (χ1) is 13.4. The van der Waals surface area contributed by atoms with Crippen molar-refractivity contribution >= 4 is 28.4 Å². The summed E-state index contributed by atoms with van der Waals surface area (Å²) >= 11 is 1.17. The van der Waals surface area contributed by atoms with Crippen LogP contribution in [0.1, 0.15) is 31.2 Å². The van der Waals surface area contributed by atoms with Gasteiger partial charge in [0, 0.05) is 56.4 Å². The highest BCUT2D eigenvalue weighted by Gasteiger charge is 2.25. The minimum absolute atomic E-state index is 0.134. The minimum Gasteiger partial charge on any atom is -0.377 e. The molecule has 0 unspecified atom stereocenters. The summed E-state index contributed by atoms with van der Waals surface area (Å²) in [6.45, 7) is 3.06. The standard InChI is InChI=1S/C19H25F2N5OS/c1-4-17-22-18(28-24-17)23-19(27)26-7-5-12(6-8-26)9-14-15(20)10-13(25(2)3)11-16(14)21/h10-12H,4-9H2,1-3H3,(H,22,23,24,27). The van der Waals surface area contributed by atoms with Crippen molar-refractivity contribution in [3.8, 4) is 0 Å². The van der Waals surface area contributed by atoms with Gasteiger partial charge in [0.2, 0.25) is 5.13 Å². The predicted molar refractivity (Wildman–Crippen MR) is 107 cm³/mol. The number of amides is 2. The zero-order valence-electron chi connectivity index (χ0n) is 16.3. The highest BCUT2D eigenvalue weighted by molar-refractivity contribution is 7.09. The first-order valence-corrected chi connectivity index (χ1v) is 10.2. The maximum absolute atomic E-state index is 14.4. The molecule has 2 heterocycles. The lowest BCUT2D eigenvalue weighted by Gasteiger charge is -2.32. The molecular formula is C19H25F2N5OS. The molecule has 6 nitrogen and oxygen atoms in total. The van der Waals surface area contributed by atoms with Crippen molar-refractivity contribution in [3.63, 3.8) is 0 Å². The Morgan fingerprint density at radius 1 is 1.29 bits per heavy atom. The van der Waals surface area contributed by atoms with Crippen LogP contribution in [0.15, 0.2) is 12.1 Å². The van der Waals surface area contributed by atoms with Gasteiger partial charge in [0.15, 0.2) is 0 Å². The predicted octanol–water partition coefficient (Wildman–Crippen LogP) is 3.93. The van der Waals surface area contributed by atoms with Crippen LogP contribution < -0.4 is 10.2 Å². The molecule has 0 bridgehead atoms. The maximum Gasteiger partial charge on any atom is 0.323 e. The molecule has 2 amide bonds. The van der Waals surface area contributed by atoms with E-state index in [1.54, 1.807) is 23.9 Å². The normalized spacial score (nSPS) is 15.0. The molecule has 1 fully saturated rings. The molecule has 0 saturated carbocycles. The molecular weight excluding hydrogens is 384 g/mol. The summed E-state index contributed by atoms with van der Waals surface area (Å²) in [5.74, 6) is -0.159. The minimum atomic E-state index is -0.508. The van der Waals surface area contributed by atoms with Crippen molar-refractivity contribution in [3.05, 3.63) is 35.2 Å². The van der Waals surface area contributed by atoms with Crippen molar-refractivity contribution < 1.29 is 13.6 Å². The third kappa shape index (κ3) is 4.76. The van der Waals surface area contributed by atoms with Gasteiger partial charge in [0.1, 0.15) is 17.5 Å². The lowest BCUT2D eigenvalue weighted by atomic mass is 9.89. The van der Waals surface area contributed by atoms with Crippen LogP contribution in [0.2, 0.25) is 0 Å². The third-order valence-corrected chi connectivity index (χ3v) is 5.70. The lowest BCUT2D eigenvalue weighted by Crippen LogP contribution is -2.41. The zero-order valence-corrected chi connectivity index (χ0v) is 17.2. The smallest absolute Gasteiger partial charge is 0.323 e. The van der Waals surface area contributed by atoms with Crippen LogP contribution in [0.25, 0.3) is 0 Å². The van der Waals surface area contributed by atoms with E-state index in [-0.39, 0.29) is 17.5 Å². The molecule has 152 valence electrons. The molecule has 1 aromatic carbocycles. The number of urea groups is 1. The van der Waals surface area contributed by atoms with Gasteiger partial charge in [0.25, 0.3) is 0 Å². The van der Waals surface area contributed by atoms with Gasteiger partial charge < -0.3 is 9.80 Å². The van der Waals surface area contributed by atoms with Crippen LogP contribution in [0, 0.1) is 17.6 Å². The van der Waals surface area contributed by atoms with E-state index in [0.717, 1.165) is 6.42 Å². The van der Waals surface area contributed by atoms with Gasteiger partial charge in [-0.2, -0.15) is 4.37 Å². The zero-order chi connectivity index (χ0) is 20.3. The van der Waals surface area contributed by atoms with Crippen LogP contribution >= 0.6 is 11.5 Å². The van der Waals surface area contributed by atoms with Crippen LogP contribution in [0.3, 0.4) is 0 Å². The highest BCUT2D eigenvalue weighted by Crippen LogP contribution is 2.27. The molecule has 28 heavy (non-hydrogen) atoms. The van der Waals surface area contributed by atoms with E-state index in [9.17, 15) is 13.6 Å². The molecule has 1 N–H and O–H groups in total. The van der Waals surface area contributed by atoms with Crippen LogP contribution in [-0.2, 0) is 12.8 Å². The van der Waals surface area contributed by atoms with E-state index in [1.165, 1.54) is 23.7 Å². The summed E-state index contributed by atoms with van der Waals surface area (Å²) in [6, 6.07) is 2.53. The molecule has 0 spiro atoms. The second-order valence-corrected chi connectivity index (χ2v) is 7.97. The number of aryl methyl sites for hydroxylation is 1. The number of hydrogen-bond donors (Lipinski definition) is 1. The number of nitrogens with one attached hydrogen (secondary N) is 1. The van der Waals surface area contributed by atoms with E-state index in [2.05, 4.69) is 14.7 Å². The number of benzene rings is 1. The number of aromatic nitrogens is 2. The number of nitrogens with zero attached hydrogens (tertiary/aromatic N) is 4. The summed E-state index contributed by atoms with van der Waals surface area (Å²) < 4.78 is 32.9. The second kappa shape index (κ2) is 8.81. The van der Waals surface area contributed by atoms with Crippen molar-refractivity contribution in [2.24, 2.45) is 5.92 Å². The summed E-state index contributed by atoms with van der Waals surface area (Å²) in [7, 11) is 3.50. The van der Waals surface area contributed by atoms with Crippen LogP contribution in [0.5, 0.6) is 0 Å². The van der Waals surface area contributed by atoms with E-state index >= 15 is 0 Å². The number of halogens is 2. The fraction of sp³-hybridized carbons (Fsp3) is 0.526. The first kappa shape index (κ1) is 20.4. The van der Waals surface area contributed by atoms with Crippen molar-refractivity contribution in [1.82, 2.24) is 14.3 Å². The molecule has 1 saturated heterocycles. The lowest BCUT2D eigenvalue weighted by molar-refractivity contribution is 0.182. The van der Waals surface area contributed by atoms with Gasteiger partial charge in [-0.3, -0.25) is 5.32 Å². The van der Waals surface area contributed by atoms with Gasteiger partial charge in [-0.15, -0.1) is 0 Å². The van der Waals surface area contributed by atoms with Crippen LogP contribution in [0.4, 0.5) is 24.4 Å². The largest absolute Gasteiger partial charge is 0.377 e. The molecule has 1 aliphatic heterocycles. The Morgan fingerprint density at radius 2 is 1.93 bits per heavy atom. The fourth-order valence-electron chi connectivity index (χ4n) is 3.29. The van der Waals surface area contributed by atoms with Crippen LogP contribution in [-0.4, -0.2) is 47.5 Å². The Bertz CT molecular complexity index is 810. The number of anilines is 2. The maximum atomic E-state index is 14.4. The monoisotopic (exact) mass is 409 g/mol. The number of hydrogen-bond acceptors (Lipinski definition) is 5. The number of carbonyl (C=O) groups excluding carboxylic acids is 1. The van der Waals surface area contributed by atoms with E-state index in [0.29, 0.717) is 49.0 Å². The topological polar surface area (TPSA) is 61.4 Å². The second-order valence-electron chi connectivity index (χ2n) is 7.22. The molecule has 1 aliphatic rings. The molecule has 3 rings (SSSR count).